The van der Waals surface area contributed by atoms with Crippen molar-refractivity contribution >= 4 is 11.8 Å². The molecule has 2 aliphatic rings. The first-order chi connectivity index (χ1) is 17.0. The number of aromatic nitrogens is 2. The van der Waals surface area contributed by atoms with Crippen LogP contribution in [-0.2, 0) is 17.6 Å². The molecule has 0 saturated carbocycles. The van der Waals surface area contributed by atoms with E-state index in [1.54, 1.807) is 17.9 Å². The Morgan fingerprint density at radius 1 is 1.17 bits per heavy atom. The Balaban J connectivity index is 0.000000165. The molecule has 5 rings (SSSR count). The quantitative estimate of drug-likeness (QED) is 0.549. The van der Waals surface area contributed by atoms with Crippen LogP contribution in [-0.4, -0.2) is 54.1 Å². The molecule has 1 atom stereocenters. The van der Waals surface area contributed by atoms with E-state index in [1.165, 1.54) is 12.1 Å². The SMILES string of the molecule is COCCN1CCC(c2ccc(F)c(F)c2)C1.NC(=O)Nc1c2c(nn1-c1ccccc1)CCC2. The van der Waals surface area contributed by atoms with Gasteiger partial charge >= 0.3 is 6.03 Å². The fourth-order valence-electron chi connectivity index (χ4n) is 4.69. The van der Waals surface area contributed by atoms with E-state index in [1.807, 2.05) is 30.3 Å². The van der Waals surface area contributed by atoms with Gasteiger partial charge in [-0.15, -0.1) is 0 Å². The van der Waals surface area contributed by atoms with Crippen LogP contribution in [0.5, 0.6) is 0 Å². The number of likely N-dealkylation sites (tertiary alicyclic amines) is 1. The van der Waals surface area contributed by atoms with Crippen molar-refractivity contribution in [3.05, 3.63) is 77.0 Å². The molecule has 35 heavy (non-hydrogen) atoms. The Kier molecular flexibility index (Phi) is 8.09. The minimum Gasteiger partial charge on any atom is -0.383 e. The summed E-state index contributed by atoms with van der Waals surface area (Å²) in [6.07, 6.45) is 3.98. The Labute approximate surface area is 203 Å². The first-order valence-electron chi connectivity index (χ1n) is 11.8. The molecule has 7 nitrogen and oxygen atoms in total. The second kappa shape index (κ2) is 11.4. The highest BCUT2D eigenvalue weighted by Crippen LogP contribution is 2.31. The molecule has 9 heteroatoms. The van der Waals surface area contributed by atoms with Crippen molar-refractivity contribution in [1.82, 2.24) is 14.7 Å². The summed E-state index contributed by atoms with van der Waals surface area (Å²) in [4.78, 5) is 13.4. The number of nitrogens with two attached hydrogens (primary N) is 1. The molecule has 1 aromatic heterocycles. The first-order valence-corrected chi connectivity index (χ1v) is 11.8. The van der Waals surface area contributed by atoms with E-state index in [4.69, 9.17) is 10.5 Å². The number of hydrogen-bond acceptors (Lipinski definition) is 4. The number of urea groups is 1. The van der Waals surface area contributed by atoms with Gasteiger partial charge in [-0.2, -0.15) is 5.10 Å². The van der Waals surface area contributed by atoms with E-state index in [0.717, 1.165) is 67.8 Å². The van der Waals surface area contributed by atoms with Crippen molar-refractivity contribution in [2.75, 3.05) is 38.7 Å². The number of anilines is 1. The number of rotatable bonds is 6. The Morgan fingerprint density at radius 2 is 1.97 bits per heavy atom. The number of carbonyl (C=O) groups excluding carboxylic acids is 1. The van der Waals surface area contributed by atoms with Gasteiger partial charge in [0.05, 0.1) is 18.0 Å². The zero-order valence-electron chi connectivity index (χ0n) is 19.8. The van der Waals surface area contributed by atoms with Crippen molar-refractivity contribution in [1.29, 1.82) is 0 Å². The minimum absolute atomic E-state index is 0.307. The summed E-state index contributed by atoms with van der Waals surface area (Å²) in [5, 5.41) is 7.25. The third-order valence-corrected chi connectivity index (χ3v) is 6.45. The van der Waals surface area contributed by atoms with Gasteiger partial charge in [-0.05, 0) is 68.0 Å². The van der Waals surface area contributed by atoms with Crippen LogP contribution in [0.1, 0.15) is 35.6 Å². The molecule has 2 heterocycles. The summed E-state index contributed by atoms with van der Waals surface area (Å²) >= 11 is 0. The average molecular weight is 484 g/mol. The number of carbonyl (C=O) groups is 1. The number of methoxy groups -OCH3 is 1. The molecule has 3 aromatic rings. The normalized spacial score (nSPS) is 17.1. The lowest BCUT2D eigenvalue weighted by molar-refractivity contribution is 0.160. The molecule has 1 aliphatic heterocycles. The van der Waals surface area contributed by atoms with Crippen LogP contribution < -0.4 is 11.1 Å². The number of fused-ring (bicyclic) bond motifs is 1. The molecule has 0 radical (unpaired) electrons. The van der Waals surface area contributed by atoms with Crippen LogP contribution in [0.25, 0.3) is 5.69 Å². The van der Waals surface area contributed by atoms with Crippen LogP contribution in [0.15, 0.2) is 48.5 Å². The van der Waals surface area contributed by atoms with Gasteiger partial charge < -0.3 is 15.4 Å². The lowest BCUT2D eigenvalue weighted by Crippen LogP contribution is -2.24. The summed E-state index contributed by atoms with van der Waals surface area (Å²) in [5.41, 5.74) is 9.22. The predicted octanol–water partition coefficient (Wildman–Crippen LogP) is 4.25. The second-order valence-corrected chi connectivity index (χ2v) is 8.82. The lowest BCUT2D eigenvalue weighted by atomic mass is 9.98. The van der Waals surface area contributed by atoms with E-state index in [-0.39, 0.29) is 0 Å². The number of hydrogen-bond donors (Lipinski definition) is 2. The van der Waals surface area contributed by atoms with Gasteiger partial charge in [0.15, 0.2) is 11.6 Å². The molecule has 186 valence electrons. The van der Waals surface area contributed by atoms with Gasteiger partial charge in [0, 0.05) is 25.8 Å². The maximum absolute atomic E-state index is 13.1. The number of aryl methyl sites for hydroxylation is 1. The number of nitrogens with one attached hydrogen (secondary N) is 1. The molecular formula is C26H31F2N5O2. The molecule has 2 amide bonds. The van der Waals surface area contributed by atoms with Gasteiger partial charge in [0.1, 0.15) is 5.82 Å². The standard InChI is InChI=1S/C13H17F2NO.C13H14N4O/c1-17-7-6-16-5-4-11(9-16)10-2-3-12(14)13(15)8-10;14-13(18)15-12-10-7-4-8-11(10)16-17(12)9-5-2-1-3-6-9/h2-3,8,11H,4-7,9H2,1H3;1-3,5-6H,4,7-8H2,(H3,14,15,18). The van der Waals surface area contributed by atoms with E-state index >= 15 is 0 Å². The number of nitrogens with zero attached hydrogens (tertiary/aromatic N) is 3. The van der Waals surface area contributed by atoms with E-state index in [0.29, 0.717) is 18.3 Å². The Hall–Kier alpha value is -3.30. The van der Waals surface area contributed by atoms with E-state index < -0.39 is 17.7 Å². The number of primary amides is 1. The van der Waals surface area contributed by atoms with E-state index in [2.05, 4.69) is 15.3 Å². The average Bonchev–Trinajstić information content (AvgIpc) is 3.58. The summed E-state index contributed by atoms with van der Waals surface area (Å²) in [5.74, 6) is -0.510. The zero-order valence-corrected chi connectivity index (χ0v) is 19.8. The predicted molar refractivity (Wildman–Crippen MR) is 131 cm³/mol. The highest BCUT2D eigenvalue weighted by atomic mass is 19.2. The smallest absolute Gasteiger partial charge is 0.317 e. The molecule has 3 N–H and O–H groups in total. The molecule has 1 unspecified atom stereocenters. The lowest BCUT2D eigenvalue weighted by Gasteiger charge is -2.15. The summed E-state index contributed by atoms with van der Waals surface area (Å²) in [7, 11) is 1.68. The second-order valence-electron chi connectivity index (χ2n) is 8.82. The first kappa shape index (κ1) is 24.8. The summed E-state index contributed by atoms with van der Waals surface area (Å²) < 4.78 is 32.7. The Morgan fingerprint density at radius 3 is 2.69 bits per heavy atom. The molecule has 0 spiro atoms. The van der Waals surface area contributed by atoms with Crippen LogP contribution in [0, 0.1) is 11.6 Å². The molecule has 1 fully saturated rings. The highest BCUT2D eigenvalue weighted by Gasteiger charge is 2.25. The third kappa shape index (κ3) is 6.04. The van der Waals surface area contributed by atoms with Gasteiger partial charge in [0.25, 0.3) is 0 Å². The van der Waals surface area contributed by atoms with Crippen molar-refractivity contribution in [3.8, 4) is 5.69 Å². The van der Waals surface area contributed by atoms with E-state index in [9.17, 15) is 13.6 Å². The monoisotopic (exact) mass is 483 g/mol. The maximum atomic E-state index is 13.1. The fourth-order valence-corrected chi connectivity index (χ4v) is 4.69. The molecule has 1 aliphatic carbocycles. The van der Waals surface area contributed by atoms with Crippen molar-refractivity contribution in [2.45, 2.75) is 31.6 Å². The van der Waals surface area contributed by atoms with Gasteiger partial charge in [-0.3, -0.25) is 5.32 Å². The third-order valence-electron chi connectivity index (χ3n) is 6.45. The number of benzene rings is 2. The number of para-hydroxylation sites is 1. The van der Waals surface area contributed by atoms with Crippen molar-refractivity contribution in [2.24, 2.45) is 5.73 Å². The van der Waals surface area contributed by atoms with Gasteiger partial charge in [-0.1, -0.05) is 24.3 Å². The number of amides is 2. The highest BCUT2D eigenvalue weighted by molar-refractivity contribution is 5.88. The zero-order chi connectivity index (χ0) is 24.8. The fraction of sp³-hybridized carbons (Fsp3) is 0.385. The maximum Gasteiger partial charge on any atom is 0.317 e. The Bertz CT molecular complexity index is 1150. The van der Waals surface area contributed by atoms with Crippen molar-refractivity contribution in [3.63, 3.8) is 0 Å². The molecule has 1 saturated heterocycles. The van der Waals surface area contributed by atoms with Crippen LogP contribution in [0.4, 0.5) is 19.4 Å². The topological polar surface area (TPSA) is 85.4 Å². The van der Waals surface area contributed by atoms with Gasteiger partial charge in [-0.25, -0.2) is 18.3 Å². The van der Waals surface area contributed by atoms with Crippen LogP contribution >= 0.6 is 0 Å². The minimum atomic E-state index is -0.775. The summed E-state index contributed by atoms with van der Waals surface area (Å²) in [6, 6.07) is 13.4. The molecular weight excluding hydrogens is 452 g/mol. The van der Waals surface area contributed by atoms with Crippen LogP contribution in [0.3, 0.4) is 0 Å². The summed E-state index contributed by atoms with van der Waals surface area (Å²) in [6.45, 7) is 3.50. The molecule has 0 bridgehead atoms. The largest absolute Gasteiger partial charge is 0.383 e. The van der Waals surface area contributed by atoms with Crippen molar-refractivity contribution < 1.29 is 18.3 Å². The van der Waals surface area contributed by atoms with Crippen LogP contribution in [0.2, 0.25) is 0 Å². The number of ether oxygens (including phenoxy) is 1. The number of halogens is 2. The molecule has 2 aromatic carbocycles. The van der Waals surface area contributed by atoms with Gasteiger partial charge in [0.2, 0.25) is 0 Å².